The van der Waals surface area contributed by atoms with Gasteiger partial charge in [-0.2, -0.15) is 0 Å². The maximum Gasteiger partial charge on any atom is 0.178 e. The minimum absolute atomic E-state index is 0.218. The lowest BCUT2D eigenvalue weighted by Gasteiger charge is -2.39. The number of Topliss-reactive ketones (excluding diaryl/α,β-unsaturated/α-hetero) is 1. The SMILES string of the molecule is Cc1ccc2c(c1)c1c3n2CCN(CC(=O)c2c[nH]c4ccccc24)[C@H]3CCC1. The second-order valence-electron chi connectivity index (χ2n) is 8.59. The van der Waals surface area contributed by atoms with Gasteiger partial charge in [-0.1, -0.05) is 29.8 Å². The first kappa shape index (κ1) is 17.0. The summed E-state index contributed by atoms with van der Waals surface area (Å²) < 4.78 is 2.53. The summed E-state index contributed by atoms with van der Waals surface area (Å²) in [5.41, 5.74) is 7.53. The molecule has 1 aliphatic heterocycles. The fourth-order valence-corrected chi connectivity index (χ4v) is 5.55. The Labute approximate surface area is 170 Å². The van der Waals surface area contributed by atoms with Crippen molar-refractivity contribution >= 4 is 27.6 Å². The van der Waals surface area contributed by atoms with E-state index >= 15 is 0 Å². The average Bonchev–Trinajstić information content (AvgIpc) is 3.31. The smallest absolute Gasteiger partial charge is 0.178 e. The quantitative estimate of drug-likeness (QED) is 0.506. The second-order valence-corrected chi connectivity index (χ2v) is 8.59. The van der Waals surface area contributed by atoms with Crippen molar-refractivity contribution in [1.82, 2.24) is 14.5 Å². The molecule has 29 heavy (non-hydrogen) atoms. The van der Waals surface area contributed by atoms with Gasteiger partial charge in [0.25, 0.3) is 0 Å². The minimum Gasteiger partial charge on any atom is -0.360 e. The number of aryl methyl sites for hydroxylation is 2. The van der Waals surface area contributed by atoms with E-state index < -0.39 is 0 Å². The molecule has 146 valence electrons. The van der Waals surface area contributed by atoms with Gasteiger partial charge in [0.2, 0.25) is 0 Å². The first-order chi connectivity index (χ1) is 14.2. The van der Waals surface area contributed by atoms with Crippen LogP contribution in [0.3, 0.4) is 0 Å². The van der Waals surface area contributed by atoms with E-state index in [1.165, 1.54) is 34.1 Å². The Hall–Kier alpha value is -2.85. The van der Waals surface area contributed by atoms with Gasteiger partial charge in [-0.15, -0.1) is 0 Å². The summed E-state index contributed by atoms with van der Waals surface area (Å²) in [6, 6.07) is 15.3. The molecule has 0 bridgehead atoms. The van der Waals surface area contributed by atoms with E-state index in [1.807, 2.05) is 30.5 Å². The Morgan fingerprint density at radius 3 is 2.97 bits per heavy atom. The number of aromatic amines is 1. The lowest BCUT2D eigenvalue weighted by atomic mass is 9.89. The standard InChI is InChI=1S/C25H25N3O/c1-16-9-10-22-19(13-16)18-6-4-8-23-25(18)28(22)12-11-27(23)15-24(29)20-14-26-21-7-3-2-5-17(20)21/h2-3,5,7,9-10,13-14,23,26H,4,6,8,11-12,15H2,1H3/t23-/m0/s1. The highest BCUT2D eigenvalue weighted by molar-refractivity contribution is 6.08. The van der Waals surface area contributed by atoms with Gasteiger partial charge in [0.15, 0.2) is 5.78 Å². The molecule has 2 aliphatic rings. The average molecular weight is 383 g/mol. The number of para-hydroxylation sites is 1. The van der Waals surface area contributed by atoms with E-state index in [1.54, 1.807) is 0 Å². The van der Waals surface area contributed by atoms with E-state index in [-0.39, 0.29) is 5.78 Å². The maximum absolute atomic E-state index is 13.2. The maximum atomic E-state index is 13.2. The molecule has 4 heteroatoms. The van der Waals surface area contributed by atoms with Crippen molar-refractivity contribution in [3.8, 4) is 0 Å². The van der Waals surface area contributed by atoms with Crippen molar-refractivity contribution < 1.29 is 4.79 Å². The van der Waals surface area contributed by atoms with Crippen LogP contribution in [-0.2, 0) is 13.0 Å². The summed E-state index contributed by atoms with van der Waals surface area (Å²) >= 11 is 0. The molecular formula is C25H25N3O. The molecule has 3 heterocycles. The van der Waals surface area contributed by atoms with Gasteiger partial charge in [-0.05, 0) is 49.9 Å². The number of hydrogen-bond donors (Lipinski definition) is 1. The lowest BCUT2D eigenvalue weighted by molar-refractivity contribution is 0.0835. The number of carbonyl (C=O) groups excluding carboxylic acids is 1. The first-order valence-corrected chi connectivity index (χ1v) is 10.7. The van der Waals surface area contributed by atoms with E-state index in [0.29, 0.717) is 12.6 Å². The third-order valence-corrected chi connectivity index (χ3v) is 6.88. The summed E-state index contributed by atoms with van der Waals surface area (Å²) in [4.78, 5) is 18.9. The van der Waals surface area contributed by atoms with Gasteiger partial charge in [-0.25, -0.2) is 0 Å². The Morgan fingerprint density at radius 1 is 1.14 bits per heavy atom. The Bertz CT molecular complexity index is 1260. The number of ketones is 1. The zero-order valence-electron chi connectivity index (χ0n) is 16.7. The molecule has 6 rings (SSSR count). The number of nitrogens with zero attached hydrogens (tertiary/aromatic N) is 2. The molecule has 0 amide bonds. The number of H-pyrrole nitrogens is 1. The van der Waals surface area contributed by atoms with Crippen LogP contribution in [0.5, 0.6) is 0 Å². The molecule has 0 saturated carbocycles. The number of hydrogen-bond acceptors (Lipinski definition) is 2. The van der Waals surface area contributed by atoms with Crippen LogP contribution in [0.25, 0.3) is 21.8 Å². The number of benzene rings is 2. The van der Waals surface area contributed by atoms with E-state index in [0.717, 1.165) is 42.4 Å². The van der Waals surface area contributed by atoms with Crippen molar-refractivity contribution in [2.24, 2.45) is 0 Å². The Kier molecular flexibility index (Phi) is 3.72. The van der Waals surface area contributed by atoms with Gasteiger partial charge in [-0.3, -0.25) is 9.69 Å². The number of carbonyl (C=O) groups is 1. The highest BCUT2D eigenvalue weighted by Gasteiger charge is 2.35. The summed E-state index contributed by atoms with van der Waals surface area (Å²) in [5.74, 6) is 0.218. The van der Waals surface area contributed by atoms with Gasteiger partial charge >= 0.3 is 0 Å². The minimum atomic E-state index is 0.218. The topological polar surface area (TPSA) is 41.0 Å². The highest BCUT2D eigenvalue weighted by Crippen LogP contribution is 2.42. The first-order valence-electron chi connectivity index (χ1n) is 10.7. The molecule has 2 aromatic carbocycles. The van der Waals surface area contributed by atoms with E-state index in [9.17, 15) is 4.79 Å². The molecule has 4 aromatic rings. The molecule has 2 aromatic heterocycles. The number of nitrogens with one attached hydrogen (secondary N) is 1. The molecule has 0 radical (unpaired) electrons. The Morgan fingerprint density at radius 2 is 2.03 bits per heavy atom. The van der Waals surface area contributed by atoms with Crippen molar-refractivity contribution in [2.45, 2.75) is 38.8 Å². The molecule has 0 saturated heterocycles. The monoisotopic (exact) mass is 383 g/mol. The number of aromatic nitrogens is 2. The molecule has 1 atom stereocenters. The highest BCUT2D eigenvalue weighted by atomic mass is 16.1. The molecular weight excluding hydrogens is 358 g/mol. The molecule has 0 unspecified atom stereocenters. The summed E-state index contributed by atoms with van der Waals surface area (Å²) in [5, 5.41) is 2.46. The van der Waals surface area contributed by atoms with Crippen LogP contribution in [-0.4, -0.2) is 33.3 Å². The molecule has 4 nitrogen and oxygen atoms in total. The Balaban J connectivity index is 1.37. The van der Waals surface area contributed by atoms with Crippen LogP contribution < -0.4 is 0 Å². The zero-order valence-corrected chi connectivity index (χ0v) is 16.7. The molecule has 1 aliphatic carbocycles. The summed E-state index contributed by atoms with van der Waals surface area (Å²) in [7, 11) is 0. The van der Waals surface area contributed by atoms with Crippen molar-refractivity contribution in [3.05, 3.63) is 71.0 Å². The predicted molar refractivity (Wildman–Crippen MR) is 117 cm³/mol. The van der Waals surface area contributed by atoms with Gasteiger partial charge < -0.3 is 9.55 Å². The third kappa shape index (κ3) is 2.52. The second kappa shape index (κ2) is 6.33. The predicted octanol–water partition coefficient (Wildman–Crippen LogP) is 5.01. The van der Waals surface area contributed by atoms with Crippen LogP contribution in [0.4, 0.5) is 0 Å². The fraction of sp³-hybridized carbons (Fsp3) is 0.320. The largest absolute Gasteiger partial charge is 0.360 e. The lowest BCUT2D eigenvalue weighted by Crippen LogP contribution is -2.42. The normalized spacial score (nSPS) is 19.0. The van der Waals surface area contributed by atoms with Gasteiger partial charge in [0, 0.05) is 52.3 Å². The molecule has 0 spiro atoms. The summed E-state index contributed by atoms with van der Waals surface area (Å²) in [6.07, 6.45) is 5.37. The van der Waals surface area contributed by atoms with Crippen LogP contribution in [0.2, 0.25) is 0 Å². The van der Waals surface area contributed by atoms with E-state index in [4.69, 9.17) is 0 Å². The van der Waals surface area contributed by atoms with Crippen LogP contribution in [0.1, 0.15) is 46.1 Å². The van der Waals surface area contributed by atoms with Crippen molar-refractivity contribution in [1.29, 1.82) is 0 Å². The van der Waals surface area contributed by atoms with Crippen LogP contribution >= 0.6 is 0 Å². The molecule has 0 fully saturated rings. The van der Waals surface area contributed by atoms with Crippen molar-refractivity contribution in [2.75, 3.05) is 13.1 Å². The number of fused-ring (bicyclic) bond motifs is 4. The summed E-state index contributed by atoms with van der Waals surface area (Å²) in [6.45, 7) is 4.57. The third-order valence-electron chi connectivity index (χ3n) is 6.88. The van der Waals surface area contributed by atoms with Crippen molar-refractivity contribution in [3.63, 3.8) is 0 Å². The van der Waals surface area contributed by atoms with E-state index in [2.05, 4.69) is 39.6 Å². The molecule has 1 N–H and O–H groups in total. The van der Waals surface area contributed by atoms with Crippen LogP contribution in [0, 0.1) is 6.92 Å². The zero-order chi connectivity index (χ0) is 19.5. The van der Waals surface area contributed by atoms with Gasteiger partial charge in [0.05, 0.1) is 12.6 Å². The van der Waals surface area contributed by atoms with Gasteiger partial charge in [0.1, 0.15) is 0 Å². The fourth-order valence-electron chi connectivity index (χ4n) is 5.55. The number of rotatable bonds is 3. The van der Waals surface area contributed by atoms with Crippen LogP contribution in [0.15, 0.2) is 48.7 Å².